The van der Waals surface area contributed by atoms with E-state index >= 15 is 0 Å². The second-order valence-electron chi connectivity index (χ2n) is 5.09. The third-order valence-electron chi connectivity index (χ3n) is 3.73. The lowest BCUT2D eigenvalue weighted by atomic mass is 10.1. The molecule has 1 aliphatic rings. The lowest BCUT2D eigenvalue weighted by molar-refractivity contribution is -0.135. The van der Waals surface area contributed by atoms with Crippen molar-refractivity contribution < 1.29 is 14.3 Å². The largest absolute Gasteiger partial charge is 0.483 e. The van der Waals surface area contributed by atoms with Crippen molar-refractivity contribution in [3.63, 3.8) is 0 Å². The van der Waals surface area contributed by atoms with Gasteiger partial charge in [-0.15, -0.1) is 0 Å². The molecule has 0 radical (unpaired) electrons. The van der Waals surface area contributed by atoms with Crippen molar-refractivity contribution in [1.29, 1.82) is 0 Å². The number of thiocarbonyl (C=S) groups is 1. The number of likely N-dealkylation sites (N-methyl/N-ethyl adjacent to an activating group) is 1. The Hall–Kier alpha value is -1.66. The lowest BCUT2D eigenvalue weighted by Gasteiger charge is -2.26. The van der Waals surface area contributed by atoms with Crippen LogP contribution in [-0.2, 0) is 9.53 Å². The van der Waals surface area contributed by atoms with Gasteiger partial charge in [-0.2, -0.15) is 0 Å². The lowest BCUT2D eigenvalue weighted by Crippen LogP contribution is -2.43. The Morgan fingerprint density at radius 3 is 2.86 bits per heavy atom. The first-order valence-corrected chi connectivity index (χ1v) is 7.30. The van der Waals surface area contributed by atoms with Gasteiger partial charge in [0.1, 0.15) is 10.7 Å². The molecule has 114 valence electrons. The Labute approximate surface area is 130 Å². The van der Waals surface area contributed by atoms with Crippen molar-refractivity contribution in [2.24, 2.45) is 5.73 Å². The van der Waals surface area contributed by atoms with Gasteiger partial charge >= 0.3 is 0 Å². The average molecular weight is 308 g/mol. The van der Waals surface area contributed by atoms with Crippen LogP contribution in [0.15, 0.2) is 24.3 Å². The molecule has 5 nitrogen and oxygen atoms in total. The monoisotopic (exact) mass is 308 g/mol. The van der Waals surface area contributed by atoms with Gasteiger partial charge in [0.15, 0.2) is 6.61 Å². The van der Waals surface area contributed by atoms with E-state index in [1.807, 2.05) is 19.1 Å². The fraction of sp³-hybridized carbons (Fsp3) is 0.467. The fourth-order valence-electron chi connectivity index (χ4n) is 2.45. The Morgan fingerprint density at radius 1 is 1.52 bits per heavy atom. The van der Waals surface area contributed by atoms with E-state index in [0.29, 0.717) is 17.9 Å². The number of carbonyl (C=O) groups excluding carboxylic acids is 1. The van der Waals surface area contributed by atoms with Crippen LogP contribution in [-0.4, -0.2) is 48.2 Å². The highest BCUT2D eigenvalue weighted by molar-refractivity contribution is 7.80. The van der Waals surface area contributed by atoms with Crippen molar-refractivity contribution in [2.75, 3.05) is 20.3 Å². The van der Waals surface area contributed by atoms with Crippen LogP contribution in [0.25, 0.3) is 0 Å². The van der Waals surface area contributed by atoms with Gasteiger partial charge in [0.2, 0.25) is 0 Å². The highest BCUT2D eigenvalue weighted by Gasteiger charge is 2.30. The molecule has 21 heavy (non-hydrogen) atoms. The number of hydrogen-bond donors (Lipinski definition) is 1. The topological polar surface area (TPSA) is 64.8 Å². The third-order valence-corrected chi connectivity index (χ3v) is 3.95. The molecule has 1 amide bonds. The number of carbonyl (C=O) groups is 1. The predicted molar refractivity (Wildman–Crippen MR) is 84.4 cm³/mol. The van der Waals surface area contributed by atoms with E-state index in [0.717, 1.165) is 6.42 Å². The number of amides is 1. The first kappa shape index (κ1) is 15.7. The molecule has 2 unspecified atom stereocenters. The van der Waals surface area contributed by atoms with Crippen LogP contribution in [0.4, 0.5) is 0 Å². The summed E-state index contributed by atoms with van der Waals surface area (Å²) in [6.45, 7) is 2.62. The summed E-state index contributed by atoms with van der Waals surface area (Å²) in [5, 5.41) is 0. The predicted octanol–water partition coefficient (Wildman–Crippen LogP) is 1.34. The van der Waals surface area contributed by atoms with Gasteiger partial charge in [-0.3, -0.25) is 4.79 Å². The smallest absolute Gasteiger partial charge is 0.260 e. The van der Waals surface area contributed by atoms with Crippen molar-refractivity contribution in [2.45, 2.75) is 25.5 Å². The van der Waals surface area contributed by atoms with E-state index in [1.165, 1.54) is 0 Å². The Morgan fingerprint density at radius 2 is 2.24 bits per heavy atom. The zero-order valence-corrected chi connectivity index (χ0v) is 13.1. The molecular formula is C15H20N2O3S. The molecule has 1 heterocycles. The number of rotatable bonds is 5. The number of hydrogen-bond acceptors (Lipinski definition) is 4. The van der Waals surface area contributed by atoms with Crippen LogP contribution in [0.1, 0.15) is 18.9 Å². The summed E-state index contributed by atoms with van der Waals surface area (Å²) < 4.78 is 11.1. The average Bonchev–Trinajstić information content (AvgIpc) is 2.90. The summed E-state index contributed by atoms with van der Waals surface area (Å²) in [6, 6.07) is 7.28. The molecular weight excluding hydrogens is 288 g/mol. The molecule has 2 atom stereocenters. The van der Waals surface area contributed by atoms with Gasteiger partial charge in [0, 0.05) is 13.7 Å². The molecule has 0 spiro atoms. The van der Waals surface area contributed by atoms with E-state index in [-0.39, 0.29) is 29.6 Å². The van der Waals surface area contributed by atoms with Crippen LogP contribution in [0, 0.1) is 0 Å². The molecule has 1 fully saturated rings. The molecule has 0 bridgehead atoms. The van der Waals surface area contributed by atoms with E-state index in [2.05, 4.69) is 0 Å². The molecule has 0 saturated carbocycles. The van der Waals surface area contributed by atoms with Crippen LogP contribution < -0.4 is 10.5 Å². The molecule has 0 aromatic heterocycles. The number of nitrogens with zero attached hydrogens (tertiary/aromatic N) is 1. The van der Waals surface area contributed by atoms with Gasteiger partial charge in [-0.1, -0.05) is 24.4 Å². The minimum atomic E-state index is -0.0879. The normalized spacial score (nSPS) is 21.0. The van der Waals surface area contributed by atoms with Gasteiger partial charge in [0.05, 0.1) is 17.7 Å². The number of nitrogens with two attached hydrogens (primary N) is 1. The Kier molecular flexibility index (Phi) is 5.14. The molecule has 0 aliphatic carbocycles. The molecule has 2 N–H and O–H groups in total. The molecule has 1 saturated heterocycles. The van der Waals surface area contributed by atoms with E-state index in [4.69, 9.17) is 27.4 Å². The van der Waals surface area contributed by atoms with Gasteiger partial charge in [0.25, 0.3) is 5.91 Å². The summed E-state index contributed by atoms with van der Waals surface area (Å²) in [5.74, 6) is 0.442. The number of benzene rings is 1. The SMILES string of the molecule is CC1OCCC1N(C)C(=O)COc1ccccc1C(N)=S. The molecule has 2 rings (SSSR count). The van der Waals surface area contributed by atoms with Gasteiger partial charge < -0.3 is 20.1 Å². The second-order valence-corrected chi connectivity index (χ2v) is 5.53. The van der Waals surface area contributed by atoms with Crippen molar-refractivity contribution >= 4 is 23.1 Å². The van der Waals surface area contributed by atoms with Crippen LogP contribution >= 0.6 is 12.2 Å². The summed E-state index contributed by atoms with van der Waals surface area (Å²) in [7, 11) is 1.78. The van der Waals surface area contributed by atoms with Crippen LogP contribution in [0.5, 0.6) is 5.75 Å². The number of ether oxygens (including phenoxy) is 2. The standard InChI is InChI=1S/C15H20N2O3S/c1-10-12(7-8-19-10)17(2)14(18)9-20-13-6-4-3-5-11(13)15(16)21/h3-6,10,12H,7-9H2,1-2H3,(H2,16,21). The molecule has 1 aromatic carbocycles. The number of para-hydroxylation sites is 1. The highest BCUT2D eigenvalue weighted by Crippen LogP contribution is 2.20. The minimum Gasteiger partial charge on any atom is -0.483 e. The highest BCUT2D eigenvalue weighted by atomic mass is 32.1. The molecule has 1 aromatic rings. The zero-order chi connectivity index (χ0) is 15.4. The van der Waals surface area contributed by atoms with Crippen LogP contribution in [0.2, 0.25) is 0 Å². The maximum atomic E-state index is 12.2. The van der Waals surface area contributed by atoms with E-state index < -0.39 is 0 Å². The molecule has 6 heteroatoms. The van der Waals surface area contributed by atoms with Crippen molar-refractivity contribution in [3.8, 4) is 5.75 Å². The van der Waals surface area contributed by atoms with E-state index in [9.17, 15) is 4.79 Å². The quantitative estimate of drug-likeness (QED) is 0.832. The summed E-state index contributed by atoms with van der Waals surface area (Å²) in [5.41, 5.74) is 6.28. The third kappa shape index (κ3) is 3.71. The van der Waals surface area contributed by atoms with E-state index in [1.54, 1.807) is 24.1 Å². The maximum absolute atomic E-state index is 12.2. The first-order chi connectivity index (χ1) is 10.0. The van der Waals surface area contributed by atoms with Gasteiger partial charge in [-0.25, -0.2) is 0 Å². The Bertz CT molecular complexity index is 535. The fourth-order valence-corrected chi connectivity index (χ4v) is 2.62. The Balaban J connectivity index is 1.96. The summed E-state index contributed by atoms with van der Waals surface area (Å²) in [4.78, 5) is 14.2. The first-order valence-electron chi connectivity index (χ1n) is 6.89. The maximum Gasteiger partial charge on any atom is 0.260 e. The molecule has 1 aliphatic heterocycles. The zero-order valence-electron chi connectivity index (χ0n) is 12.2. The summed E-state index contributed by atoms with van der Waals surface area (Å²) in [6.07, 6.45) is 0.912. The van der Waals surface area contributed by atoms with Crippen molar-refractivity contribution in [3.05, 3.63) is 29.8 Å². The van der Waals surface area contributed by atoms with Crippen molar-refractivity contribution in [1.82, 2.24) is 4.90 Å². The van der Waals surface area contributed by atoms with Gasteiger partial charge in [-0.05, 0) is 25.5 Å². The second kappa shape index (κ2) is 6.87. The van der Waals surface area contributed by atoms with Crippen LogP contribution in [0.3, 0.4) is 0 Å². The minimum absolute atomic E-state index is 0.0423. The summed E-state index contributed by atoms with van der Waals surface area (Å²) >= 11 is 4.97.